The first kappa shape index (κ1) is 22.1. The maximum Gasteiger partial charge on any atom is 0.203 e. The normalized spacial score (nSPS) is 17.4. The Balaban J connectivity index is 1.21. The Morgan fingerprint density at radius 3 is 2.50 bits per heavy atom. The van der Waals surface area contributed by atoms with Gasteiger partial charge in [-0.3, -0.25) is 14.6 Å². The molecule has 170 valence electrons. The quantitative estimate of drug-likeness (QED) is 0.358. The van der Waals surface area contributed by atoms with E-state index >= 15 is 0 Å². The lowest BCUT2D eigenvalue weighted by molar-refractivity contribution is -0.119. The fourth-order valence-electron chi connectivity index (χ4n) is 4.27. The molecule has 1 aliphatic rings. The molecule has 0 N–H and O–H groups in total. The van der Waals surface area contributed by atoms with Crippen LogP contribution in [0.5, 0.6) is 0 Å². The molecule has 2 atom stereocenters. The van der Waals surface area contributed by atoms with Crippen LogP contribution in [0.25, 0.3) is 10.8 Å². The summed E-state index contributed by atoms with van der Waals surface area (Å²) in [6.07, 6.45) is 6.11. The van der Waals surface area contributed by atoms with Gasteiger partial charge in [-0.05, 0) is 47.1 Å². The minimum atomic E-state index is -3.79. The summed E-state index contributed by atoms with van der Waals surface area (Å²) in [6.45, 7) is 0. The Hall–Kier alpha value is -3.71. The second-order valence-corrected chi connectivity index (χ2v) is 10.6. The summed E-state index contributed by atoms with van der Waals surface area (Å²) < 4.78 is 24.8. The molecule has 0 spiro atoms. The van der Waals surface area contributed by atoms with Crippen molar-refractivity contribution in [1.29, 1.82) is 0 Å². The summed E-state index contributed by atoms with van der Waals surface area (Å²) in [5, 5.41) is 2.01. The van der Waals surface area contributed by atoms with Crippen molar-refractivity contribution in [3.8, 4) is 0 Å². The summed E-state index contributed by atoms with van der Waals surface area (Å²) in [7, 11) is -3.79. The summed E-state index contributed by atoms with van der Waals surface area (Å²) in [5.41, 5.74) is 2.31. The maximum absolute atomic E-state index is 12.8. The predicted octanol–water partition coefficient (Wildman–Crippen LogP) is 4.20. The summed E-state index contributed by atoms with van der Waals surface area (Å²) in [6, 6.07) is 19.4. The zero-order chi connectivity index (χ0) is 23.7. The van der Waals surface area contributed by atoms with Crippen molar-refractivity contribution in [3.05, 3.63) is 102 Å². The Bertz CT molecular complexity index is 1480. The standard InChI is InChI=1S/C27H22N2O4S/c30-25(14-18-4-5-22-16-28-12-10-21(22)13-18)24-15-23(24)19-6-8-20(9-7-19)26(31)17-34(32,33)27-3-1-2-11-29-27/h1-13,16,23-24H,14-15,17H2/t23-,24+/m0/s1. The number of hydrogen-bond donors (Lipinski definition) is 0. The number of pyridine rings is 2. The van der Waals surface area contributed by atoms with E-state index in [1.807, 2.05) is 36.4 Å². The van der Waals surface area contributed by atoms with Crippen LogP contribution in [0.15, 0.2) is 90.3 Å². The van der Waals surface area contributed by atoms with E-state index in [1.54, 1.807) is 36.7 Å². The lowest BCUT2D eigenvalue weighted by Gasteiger charge is -2.06. The van der Waals surface area contributed by atoms with Crippen molar-refractivity contribution in [2.75, 3.05) is 5.75 Å². The molecule has 4 aromatic rings. The highest BCUT2D eigenvalue weighted by molar-refractivity contribution is 7.92. The molecule has 2 aromatic carbocycles. The van der Waals surface area contributed by atoms with Gasteiger partial charge in [-0.25, -0.2) is 13.4 Å². The van der Waals surface area contributed by atoms with Gasteiger partial charge < -0.3 is 0 Å². The fourth-order valence-corrected chi connectivity index (χ4v) is 5.44. The molecule has 1 fully saturated rings. The number of nitrogens with zero attached hydrogens (tertiary/aromatic N) is 2. The Labute approximate surface area is 197 Å². The van der Waals surface area contributed by atoms with Gasteiger partial charge in [0.25, 0.3) is 0 Å². The van der Waals surface area contributed by atoms with E-state index < -0.39 is 21.4 Å². The third-order valence-corrected chi connectivity index (χ3v) is 7.75. The van der Waals surface area contributed by atoms with Gasteiger partial charge in [0.1, 0.15) is 11.5 Å². The highest BCUT2D eigenvalue weighted by atomic mass is 32.2. The minimum absolute atomic E-state index is 0.0285. The zero-order valence-electron chi connectivity index (χ0n) is 18.3. The number of fused-ring (bicyclic) bond motifs is 1. The number of sulfone groups is 1. The molecule has 2 aromatic heterocycles. The van der Waals surface area contributed by atoms with Crippen molar-refractivity contribution in [1.82, 2.24) is 9.97 Å². The van der Waals surface area contributed by atoms with E-state index in [1.165, 1.54) is 12.3 Å². The molecule has 0 unspecified atom stereocenters. The molecule has 5 rings (SSSR count). The van der Waals surface area contributed by atoms with Crippen LogP contribution < -0.4 is 0 Å². The third kappa shape index (κ3) is 4.65. The summed E-state index contributed by atoms with van der Waals surface area (Å²) in [5.74, 6) is -0.791. The van der Waals surface area contributed by atoms with Crippen molar-refractivity contribution in [2.45, 2.75) is 23.8 Å². The average Bonchev–Trinajstić information content (AvgIpc) is 3.66. The van der Waals surface area contributed by atoms with Crippen molar-refractivity contribution in [3.63, 3.8) is 0 Å². The molecular weight excluding hydrogens is 448 g/mol. The first-order valence-electron chi connectivity index (χ1n) is 11.0. The highest BCUT2D eigenvalue weighted by Crippen LogP contribution is 2.48. The molecule has 6 nitrogen and oxygen atoms in total. The van der Waals surface area contributed by atoms with Gasteiger partial charge in [-0.15, -0.1) is 0 Å². The number of hydrogen-bond acceptors (Lipinski definition) is 6. The number of rotatable bonds is 8. The van der Waals surface area contributed by atoms with Crippen LogP contribution in [0, 0.1) is 5.92 Å². The average molecular weight is 471 g/mol. The second-order valence-electron chi connectivity index (χ2n) is 8.62. The molecule has 0 bridgehead atoms. The molecule has 1 aliphatic carbocycles. The second kappa shape index (κ2) is 8.91. The van der Waals surface area contributed by atoms with Crippen molar-refractivity contribution in [2.24, 2.45) is 5.92 Å². The maximum atomic E-state index is 12.8. The van der Waals surface area contributed by atoms with Gasteiger partial charge in [0, 0.05) is 41.9 Å². The van der Waals surface area contributed by atoms with Crippen molar-refractivity contribution >= 4 is 32.2 Å². The van der Waals surface area contributed by atoms with Crippen LogP contribution in [-0.4, -0.2) is 35.7 Å². The molecule has 2 heterocycles. The monoisotopic (exact) mass is 470 g/mol. The lowest BCUT2D eigenvalue weighted by atomic mass is 10.00. The van der Waals surface area contributed by atoms with E-state index in [9.17, 15) is 18.0 Å². The van der Waals surface area contributed by atoms with Gasteiger partial charge in [-0.2, -0.15) is 0 Å². The van der Waals surface area contributed by atoms with Gasteiger partial charge in [0.05, 0.1) is 0 Å². The van der Waals surface area contributed by atoms with Crippen LogP contribution in [0.1, 0.15) is 33.8 Å². The minimum Gasteiger partial charge on any atom is -0.299 e. The van der Waals surface area contributed by atoms with E-state index in [2.05, 4.69) is 9.97 Å². The van der Waals surface area contributed by atoms with E-state index in [-0.39, 0.29) is 22.6 Å². The molecule has 34 heavy (non-hydrogen) atoms. The summed E-state index contributed by atoms with van der Waals surface area (Å²) in [4.78, 5) is 33.3. The van der Waals surface area contributed by atoms with Gasteiger partial charge in [-0.1, -0.05) is 48.5 Å². The number of ketones is 2. The number of aromatic nitrogens is 2. The number of carbonyl (C=O) groups excluding carboxylic acids is 2. The number of carbonyl (C=O) groups is 2. The predicted molar refractivity (Wildman–Crippen MR) is 128 cm³/mol. The zero-order valence-corrected chi connectivity index (χ0v) is 19.1. The molecule has 0 amide bonds. The lowest BCUT2D eigenvalue weighted by Crippen LogP contribution is -2.17. The largest absolute Gasteiger partial charge is 0.299 e. The summed E-state index contributed by atoms with van der Waals surface area (Å²) >= 11 is 0. The van der Waals surface area contributed by atoms with E-state index in [0.29, 0.717) is 12.0 Å². The molecule has 0 radical (unpaired) electrons. The Kier molecular flexibility index (Phi) is 5.79. The van der Waals surface area contributed by atoms with Crippen LogP contribution in [-0.2, 0) is 21.1 Å². The highest BCUT2D eigenvalue weighted by Gasteiger charge is 2.43. The van der Waals surface area contributed by atoms with Crippen LogP contribution in [0.2, 0.25) is 0 Å². The van der Waals surface area contributed by atoms with E-state index in [4.69, 9.17) is 0 Å². The molecule has 7 heteroatoms. The first-order chi connectivity index (χ1) is 16.4. The molecular formula is C27H22N2O4S. The van der Waals surface area contributed by atoms with Crippen LogP contribution >= 0.6 is 0 Å². The fraction of sp³-hybridized carbons (Fsp3) is 0.185. The first-order valence-corrected chi connectivity index (χ1v) is 12.7. The van der Waals surface area contributed by atoms with Gasteiger partial charge in [0.15, 0.2) is 10.8 Å². The SMILES string of the molecule is O=C(CS(=O)(=O)c1ccccn1)c1ccc([C@@H]2C[C@H]2C(=O)Cc2ccc3cnccc3c2)cc1. The molecule has 1 saturated carbocycles. The van der Waals surface area contributed by atoms with Gasteiger partial charge >= 0.3 is 0 Å². The molecule has 0 saturated heterocycles. The van der Waals surface area contributed by atoms with Gasteiger partial charge in [0.2, 0.25) is 9.84 Å². The van der Waals surface area contributed by atoms with E-state index in [0.717, 1.165) is 28.3 Å². The number of Topliss-reactive ketones (excluding diaryl/α,β-unsaturated/α-hetero) is 2. The van der Waals surface area contributed by atoms with Crippen LogP contribution in [0.4, 0.5) is 0 Å². The topological polar surface area (TPSA) is 94.1 Å². The number of benzene rings is 2. The Morgan fingerprint density at radius 1 is 0.912 bits per heavy atom. The van der Waals surface area contributed by atoms with Crippen molar-refractivity contribution < 1.29 is 18.0 Å². The van der Waals surface area contributed by atoms with Crippen LogP contribution in [0.3, 0.4) is 0 Å². The smallest absolute Gasteiger partial charge is 0.203 e. The third-order valence-electron chi connectivity index (χ3n) is 6.23. The molecule has 0 aliphatic heterocycles. The Morgan fingerprint density at radius 2 is 1.74 bits per heavy atom.